The Hall–Kier alpha value is -2.59. The van der Waals surface area contributed by atoms with Gasteiger partial charge in [-0.2, -0.15) is 0 Å². The van der Waals surface area contributed by atoms with Gasteiger partial charge in [0.25, 0.3) is 0 Å². The fourth-order valence-corrected chi connectivity index (χ4v) is 4.52. The van der Waals surface area contributed by atoms with Crippen molar-refractivity contribution in [1.29, 1.82) is 0 Å². The summed E-state index contributed by atoms with van der Waals surface area (Å²) in [7, 11) is -3.77. The number of hydrogen-bond acceptors (Lipinski definition) is 5. The van der Waals surface area contributed by atoms with E-state index < -0.39 is 28.5 Å². The molecule has 0 aliphatic carbocycles. The molecule has 2 amide bonds. The van der Waals surface area contributed by atoms with Crippen LogP contribution in [0.5, 0.6) is 5.75 Å². The second kappa shape index (κ2) is 12.0. The predicted molar refractivity (Wildman–Crippen MR) is 133 cm³/mol. The molecule has 2 aromatic rings. The van der Waals surface area contributed by atoms with Crippen molar-refractivity contribution < 1.29 is 22.7 Å². The Morgan fingerprint density at radius 2 is 1.79 bits per heavy atom. The molecule has 0 bridgehead atoms. The highest BCUT2D eigenvalue weighted by molar-refractivity contribution is 9.10. The monoisotopic (exact) mass is 539 g/mol. The third kappa shape index (κ3) is 7.75. The average Bonchev–Trinajstić information content (AvgIpc) is 2.75. The maximum absolute atomic E-state index is 13.4. The van der Waals surface area contributed by atoms with Gasteiger partial charge in [-0.25, -0.2) is 8.42 Å². The van der Waals surface area contributed by atoms with Crippen LogP contribution in [0, 0.1) is 0 Å². The number of amides is 2. The lowest BCUT2D eigenvalue weighted by Crippen LogP contribution is -2.51. The lowest BCUT2D eigenvalue weighted by molar-refractivity contribution is -0.139. The number of carbonyl (C=O) groups excluding carboxylic acids is 2. The summed E-state index contributed by atoms with van der Waals surface area (Å²) in [6, 6.07) is 13.1. The summed E-state index contributed by atoms with van der Waals surface area (Å²) in [6.07, 6.45) is 1.04. The molecular formula is C23H30BrN3O5S. The van der Waals surface area contributed by atoms with Crippen LogP contribution >= 0.6 is 15.9 Å². The maximum Gasteiger partial charge on any atom is 0.244 e. The summed E-state index contributed by atoms with van der Waals surface area (Å²) >= 11 is 3.41. The van der Waals surface area contributed by atoms with Gasteiger partial charge in [0.2, 0.25) is 21.8 Å². The van der Waals surface area contributed by atoms with Crippen LogP contribution in [0.4, 0.5) is 5.69 Å². The number of nitrogens with zero attached hydrogens (tertiary/aromatic N) is 2. The molecule has 0 saturated carbocycles. The van der Waals surface area contributed by atoms with Gasteiger partial charge in [-0.3, -0.25) is 13.9 Å². The first-order chi connectivity index (χ1) is 15.6. The molecule has 0 heterocycles. The molecule has 2 aromatic carbocycles. The minimum Gasteiger partial charge on any atom is -0.494 e. The molecule has 0 aliphatic rings. The zero-order chi connectivity index (χ0) is 24.6. The van der Waals surface area contributed by atoms with Gasteiger partial charge in [0, 0.05) is 17.6 Å². The number of halogens is 1. The van der Waals surface area contributed by atoms with E-state index in [4.69, 9.17) is 4.74 Å². The van der Waals surface area contributed by atoms with E-state index in [1.165, 1.54) is 4.90 Å². The molecule has 0 aromatic heterocycles. The van der Waals surface area contributed by atoms with E-state index in [0.29, 0.717) is 24.6 Å². The quantitative estimate of drug-likeness (QED) is 0.473. The summed E-state index contributed by atoms with van der Waals surface area (Å²) in [5, 5.41) is 2.72. The molecule has 10 heteroatoms. The second-order valence-corrected chi connectivity index (χ2v) is 10.2. The second-order valence-electron chi connectivity index (χ2n) is 7.42. The highest BCUT2D eigenvalue weighted by atomic mass is 79.9. The third-order valence-corrected chi connectivity index (χ3v) is 6.51. The Labute approximate surface area is 204 Å². The normalized spacial score (nSPS) is 12.0. The van der Waals surface area contributed by atoms with Crippen molar-refractivity contribution in [2.75, 3.05) is 30.3 Å². The molecular weight excluding hydrogens is 510 g/mol. The Morgan fingerprint density at radius 1 is 1.12 bits per heavy atom. The number of anilines is 1. The van der Waals surface area contributed by atoms with Gasteiger partial charge in [0.05, 0.1) is 18.6 Å². The Morgan fingerprint density at radius 3 is 2.33 bits per heavy atom. The van der Waals surface area contributed by atoms with Crippen molar-refractivity contribution in [2.45, 2.75) is 33.4 Å². The smallest absolute Gasteiger partial charge is 0.244 e. The third-order valence-electron chi connectivity index (χ3n) is 4.88. The van der Waals surface area contributed by atoms with Crippen molar-refractivity contribution >= 4 is 43.5 Å². The van der Waals surface area contributed by atoms with Crippen LogP contribution in [0.1, 0.15) is 26.3 Å². The van der Waals surface area contributed by atoms with Gasteiger partial charge in [-0.15, -0.1) is 0 Å². The molecule has 0 spiro atoms. The largest absolute Gasteiger partial charge is 0.494 e. The summed E-state index contributed by atoms with van der Waals surface area (Å²) < 4.78 is 32.4. The molecule has 33 heavy (non-hydrogen) atoms. The molecule has 0 saturated heterocycles. The fourth-order valence-electron chi connectivity index (χ4n) is 3.23. The first-order valence-electron chi connectivity index (χ1n) is 10.6. The number of ether oxygens (including phenoxy) is 1. The molecule has 8 nitrogen and oxygen atoms in total. The molecule has 1 atom stereocenters. The molecule has 1 N–H and O–H groups in total. The molecule has 1 unspecified atom stereocenters. The average molecular weight is 540 g/mol. The summed E-state index contributed by atoms with van der Waals surface area (Å²) in [4.78, 5) is 27.3. The van der Waals surface area contributed by atoms with Gasteiger partial charge in [-0.05, 0) is 62.7 Å². The van der Waals surface area contributed by atoms with E-state index in [1.807, 2.05) is 31.2 Å². The van der Waals surface area contributed by atoms with Crippen LogP contribution in [0.3, 0.4) is 0 Å². The van der Waals surface area contributed by atoms with Crippen LogP contribution in [0.2, 0.25) is 0 Å². The van der Waals surface area contributed by atoms with Crippen molar-refractivity contribution in [2.24, 2.45) is 0 Å². The Balaban J connectivity index is 2.35. The van der Waals surface area contributed by atoms with Crippen LogP contribution in [0.25, 0.3) is 0 Å². The lowest BCUT2D eigenvalue weighted by atomic mass is 10.1. The SMILES string of the molecule is CCNC(=O)C(C)N(Cc1cccc(Br)c1)C(=O)CN(c1ccc(OCC)cc1)S(C)(=O)=O. The number of sulfonamides is 1. The molecule has 0 aliphatic heterocycles. The molecule has 0 fully saturated rings. The number of nitrogens with one attached hydrogen (secondary N) is 1. The van der Waals surface area contributed by atoms with E-state index in [9.17, 15) is 18.0 Å². The molecule has 180 valence electrons. The van der Waals surface area contributed by atoms with Gasteiger partial charge in [-0.1, -0.05) is 28.1 Å². The highest BCUT2D eigenvalue weighted by Gasteiger charge is 2.29. The van der Waals surface area contributed by atoms with Crippen LogP contribution < -0.4 is 14.4 Å². The predicted octanol–water partition coefficient (Wildman–Crippen LogP) is 3.17. The number of hydrogen-bond donors (Lipinski definition) is 1. The first kappa shape index (κ1) is 26.7. The van der Waals surface area contributed by atoms with Crippen molar-refractivity contribution in [3.05, 3.63) is 58.6 Å². The van der Waals surface area contributed by atoms with E-state index >= 15 is 0 Å². The van der Waals surface area contributed by atoms with Gasteiger partial charge in [0.15, 0.2) is 0 Å². The Bertz CT molecular complexity index is 1060. The number of carbonyl (C=O) groups is 2. The van der Waals surface area contributed by atoms with Gasteiger partial charge >= 0.3 is 0 Å². The Kier molecular flexibility index (Phi) is 9.72. The van der Waals surface area contributed by atoms with Gasteiger partial charge in [0.1, 0.15) is 18.3 Å². The van der Waals surface area contributed by atoms with Crippen molar-refractivity contribution in [3.63, 3.8) is 0 Å². The summed E-state index contributed by atoms with van der Waals surface area (Å²) in [5.74, 6) is -0.206. The first-order valence-corrected chi connectivity index (χ1v) is 13.2. The zero-order valence-corrected chi connectivity index (χ0v) is 21.6. The minimum absolute atomic E-state index is 0.150. The minimum atomic E-state index is -3.77. The van der Waals surface area contributed by atoms with E-state index in [0.717, 1.165) is 20.6 Å². The van der Waals surface area contributed by atoms with E-state index in [1.54, 1.807) is 38.1 Å². The fraction of sp³-hybridized carbons (Fsp3) is 0.391. The van der Waals surface area contributed by atoms with Crippen LogP contribution in [-0.2, 0) is 26.2 Å². The number of rotatable bonds is 11. The van der Waals surface area contributed by atoms with Crippen molar-refractivity contribution in [3.8, 4) is 5.75 Å². The summed E-state index contributed by atoms with van der Waals surface area (Å²) in [5.41, 5.74) is 1.14. The van der Waals surface area contributed by atoms with E-state index in [-0.39, 0.29) is 12.5 Å². The highest BCUT2D eigenvalue weighted by Crippen LogP contribution is 2.23. The van der Waals surface area contributed by atoms with E-state index in [2.05, 4.69) is 21.2 Å². The standard InChI is InChI=1S/C23H30BrN3O5S/c1-5-25-23(29)17(3)26(15-18-8-7-9-19(24)14-18)22(28)16-27(33(4,30)31)20-10-12-21(13-11-20)32-6-2/h7-14,17H,5-6,15-16H2,1-4H3,(H,25,29). The molecule has 0 radical (unpaired) electrons. The summed E-state index contributed by atoms with van der Waals surface area (Å²) in [6.45, 7) is 5.89. The number of likely N-dealkylation sites (N-methyl/N-ethyl adjacent to an activating group) is 1. The zero-order valence-electron chi connectivity index (χ0n) is 19.2. The van der Waals surface area contributed by atoms with Crippen molar-refractivity contribution in [1.82, 2.24) is 10.2 Å². The topological polar surface area (TPSA) is 96.0 Å². The number of benzene rings is 2. The maximum atomic E-state index is 13.4. The van der Waals surface area contributed by atoms with Crippen LogP contribution in [0.15, 0.2) is 53.0 Å². The van der Waals surface area contributed by atoms with Gasteiger partial charge < -0.3 is 15.0 Å². The molecule has 2 rings (SSSR count). The van der Waals surface area contributed by atoms with Crippen LogP contribution in [-0.4, -0.2) is 57.1 Å². The lowest BCUT2D eigenvalue weighted by Gasteiger charge is -2.31.